The van der Waals surface area contributed by atoms with E-state index in [4.69, 9.17) is 23.7 Å². The van der Waals surface area contributed by atoms with Crippen molar-refractivity contribution in [1.82, 2.24) is 15.1 Å². The van der Waals surface area contributed by atoms with Crippen LogP contribution in [0.3, 0.4) is 0 Å². The van der Waals surface area contributed by atoms with Gasteiger partial charge in [0.25, 0.3) is 0 Å². The van der Waals surface area contributed by atoms with E-state index in [1.807, 2.05) is 46.8 Å². The summed E-state index contributed by atoms with van der Waals surface area (Å²) in [5, 5.41) is 2.74. The van der Waals surface area contributed by atoms with Crippen LogP contribution < -0.4 is 14.8 Å². The van der Waals surface area contributed by atoms with Gasteiger partial charge in [-0.2, -0.15) is 0 Å². The molecule has 0 spiro atoms. The third-order valence-corrected chi connectivity index (χ3v) is 8.49. The maximum Gasteiger partial charge on any atom is 0.410 e. The van der Waals surface area contributed by atoms with Gasteiger partial charge < -0.3 is 33.9 Å². The summed E-state index contributed by atoms with van der Waals surface area (Å²) in [4.78, 5) is 56.0. The second kappa shape index (κ2) is 13.5. The Balaban J connectivity index is 1.61. The smallest absolute Gasteiger partial charge is 0.410 e. The third-order valence-electron chi connectivity index (χ3n) is 8.49. The van der Waals surface area contributed by atoms with Crippen molar-refractivity contribution in [3.05, 3.63) is 23.3 Å². The third kappa shape index (κ3) is 7.87. The Morgan fingerprint density at radius 2 is 1.80 bits per heavy atom. The van der Waals surface area contributed by atoms with E-state index in [0.717, 1.165) is 36.8 Å². The first-order chi connectivity index (χ1) is 20.7. The highest BCUT2D eigenvalue weighted by molar-refractivity contribution is 5.91. The number of cyclic esters (lactones) is 1. The first-order valence-electron chi connectivity index (χ1n) is 15.3. The van der Waals surface area contributed by atoms with Crippen LogP contribution in [0.1, 0.15) is 77.8 Å². The molecule has 1 aromatic carbocycles. The zero-order valence-electron chi connectivity index (χ0n) is 27.0. The number of hydrogen-bond donors (Lipinski definition) is 1. The van der Waals surface area contributed by atoms with E-state index in [1.165, 1.54) is 12.0 Å². The number of ether oxygens (including phenoxy) is 5. The number of carbonyl (C=O) groups excluding carboxylic acids is 4. The van der Waals surface area contributed by atoms with Gasteiger partial charge in [-0.1, -0.05) is 47.5 Å². The Hall–Kier alpha value is -3.70. The number of carbonyl (C=O) groups is 4. The molecule has 4 bridgehead atoms. The van der Waals surface area contributed by atoms with Gasteiger partial charge in [0, 0.05) is 24.6 Å². The van der Waals surface area contributed by atoms with Gasteiger partial charge in [0.2, 0.25) is 5.91 Å². The lowest BCUT2D eigenvalue weighted by Gasteiger charge is -2.35. The van der Waals surface area contributed by atoms with Crippen LogP contribution in [-0.2, 0) is 36.9 Å². The monoisotopic (exact) mass is 617 g/mol. The molecule has 12 heteroatoms. The Morgan fingerprint density at radius 1 is 1.05 bits per heavy atom. The van der Waals surface area contributed by atoms with Crippen molar-refractivity contribution in [2.45, 2.75) is 98.0 Å². The van der Waals surface area contributed by atoms with Crippen molar-refractivity contribution in [2.75, 3.05) is 34.0 Å². The molecule has 4 rings (SSSR count). The number of rotatable bonds is 2. The Morgan fingerprint density at radius 3 is 2.48 bits per heavy atom. The molecule has 3 atom stereocenters. The highest BCUT2D eigenvalue weighted by Gasteiger charge is 2.47. The van der Waals surface area contributed by atoms with Crippen LogP contribution in [0.25, 0.3) is 0 Å². The molecule has 12 nitrogen and oxygen atoms in total. The van der Waals surface area contributed by atoms with Gasteiger partial charge in [-0.15, -0.1) is 0 Å². The van der Waals surface area contributed by atoms with Gasteiger partial charge in [-0.25, -0.2) is 14.4 Å². The van der Waals surface area contributed by atoms with E-state index in [1.54, 1.807) is 12.0 Å². The number of hydrogen-bond acceptors (Lipinski definition) is 9. The summed E-state index contributed by atoms with van der Waals surface area (Å²) in [5.74, 6) is 0.214. The molecule has 0 aliphatic carbocycles. The van der Waals surface area contributed by atoms with Crippen LogP contribution in [0.5, 0.6) is 11.5 Å². The molecule has 0 radical (unpaired) electrons. The lowest BCUT2D eigenvalue weighted by atomic mass is 9.85. The van der Waals surface area contributed by atoms with E-state index in [2.05, 4.69) is 5.32 Å². The summed E-state index contributed by atoms with van der Waals surface area (Å²) in [5.41, 5.74) is 0.838. The predicted octanol–water partition coefficient (Wildman–Crippen LogP) is 4.41. The van der Waals surface area contributed by atoms with Gasteiger partial charge in [-0.05, 0) is 35.3 Å². The minimum Gasteiger partial charge on any atom is -0.497 e. The van der Waals surface area contributed by atoms with E-state index >= 15 is 0 Å². The molecule has 1 N–H and O–H groups in total. The minimum absolute atomic E-state index is 0.0242. The van der Waals surface area contributed by atoms with E-state index in [-0.39, 0.29) is 25.0 Å². The van der Waals surface area contributed by atoms with Crippen molar-refractivity contribution in [3.63, 3.8) is 0 Å². The molecule has 1 saturated heterocycles. The van der Waals surface area contributed by atoms with Crippen LogP contribution in [0.4, 0.5) is 9.59 Å². The van der Waals surface area contributed by atoms with Gasteiger partial charge in [0.05, 0.1) is 40.5 Å². The van der Waals surface area contributed by atoms with Crippen molar-refractivity contribution in [2.24, 2.45) is 10.8 Å². The van der Waals surface area contributed by atoms with Gasteiger partial charge >= 0.3 is 18.2 Å². The van der Waals surface area contributed by atoms with Gasteiger partial charge in [-0.3, -0.25) is 9.69 Å². The lowest BCUT2D eigenvalue weighted by molar-refractivity contribution is -0.152. The van der Waals surface area contributed by atoms with Crippen molar-refractivity contribution < 1.29 is 42.9 Å². The quantitative estimate of drug-likeness (QED) is 0.379. The van der Waals surface area contributed by atoms with Crippen LogP contribution in [0.2, 0.25) is 0 Å². The number of alkyl carbamates (subject to hydrolysis) is 1. The average Bonchev–Trinajstić information content (AvgIpc) is 3.59. The van der Waals surface area contributed by atoms with Crippen LogP contribution in [0.15, 0.2) is 12.1 Å². The van der Waals surface area contributed by atoms with Crippen LogP contribution in [-0.4, -0.2) is 86.0 Å². The summed E-state index contributed by atoms with van der Waals surface area (Å²) in [6.07, 6.45) is 1.57. The van der Waals surface area contributed by atoms with Gasteiger partial charge in [0.15, 0.2) is 0 Å². The fourth-order valence-electron chi connectivity index (χ4n) is 5.90. The molecule has 3 amide bonds. The molecular weight excluding hydrogens is 570 g/mol. The first kappa shape index (κ1) is 33.2. The van der Waals surface area contributed by atoms with Crippen molar-refractivity contribution >= 4 is 24.1 Å². The molecule has 1 fully saturated rings. The second-order valence-electron chi connectivity index (χ2n) is 13.7. The fourth-order valence-corrected chi connectivity index (χ4v) is 5.90. The van der Waals surface area contributed by atoms with E-state index in [0.29, 0.717) is 31.2 Å². The Labute approximate surface area is 259 Å². The molecule has 44 heavy (non-hydrogen) atoms. The number of methoxy groups -OCH3 is 2. The molecule has 244 valence electrons. The zero-order valence-corrected chi connectivity index (χ0v) is 27.0. The second-order valence-corrected chi connectivity index (χ2v) is 13.7. The maximum absolute atomic E-state index is 13.9. The molecule has 3 aliphatic rings. The summed E-state index contributed by atoms with van der Waals surface area (Å²) in [6.45, 7) is 10.8. The highest BCUT2D eigenvalue weighted by atomic mass is 16.6. The van der Waals surface area contributed by atoms with E-state index in [9.17, 15) is 19.2 Å². The van der Waals surface area contributed by atoms with Crippen molar-refractivity contribution in [1.29, 1.82) is 0 Å². The van der Waals surface area contributed by atoms with Crippen LogP contribution >= 0.6 is 0 Å². The van der Waals surface area contributed by atoms with Crippen molar-refractivity contribution in [3.8, 4) is 11.5 Å². The van der Waals surface area contributed by atoms with Crippen LogP contribution in [0, 0.1) is 10.8 Å². The number of benzene rings is 1. The Bertz CT molecular complexity index is 1240. The highest BCUT2D eigenvalue weighted by Crippen LogP contribution is 2.36. The normalized spacial score (nSPS) is 25.1. The van der Waals surface area contributed by atoms with E-state index < -0.39 is 47.7 Å². The first-order valence-corrected chi connectivity index (χ1v) is 15.3. The Kier molecular flexibility index (Phi) is 10.2. The molecular formula is C32H47N3O9. The number of amides is 3. The lowest BCUT2D eigenvalue weighted by Crippen LogP contribution is -2.57. The molecule has 1 unspecified atom stereocenters. The number of nitrogens with zero attached hydrogens (tertiary/aromatic N) is 2. The number of nitrogens with one attached hydrogen (secondary N) is 1. The summed E-state index contributed by atoms with van der Waals surface area (Å²) < 4.78 is 28.1. The summed E-state index contributed by atoms with van der Waals surface area (Å²) in [6, 6.07) is 1.75. The zero-order chi connectivity index (χ0) is 32.2. The average molecular weight is 618 g/mol. The fraction of sp³-hybridized carbons (Fsp3) is 0.688. The molecule has 0 saturated carbocycles. The van der Waals surface area contributed by atoms with Gasteiger partial charge in [0.1, 0.15) is 29.7 Å². The standard InChI is InChI=1S/C32H47N3O9/c1-31(2,3)26-27(36)35-17-22(14-24(35)28(37)41-7)44-30(39)34-16-20-13-21(40-6)15-25(23(20)18-34)42-12-10-8-9-11-32(4,5)19-43-29(38)33-26/h13,15,22,24,26H,8-12,14,16-19H2,1-7H3,(H,33,38)/t22-,24?,26-/m1/s1. The number of esters is 1. The summed E-state index contributed by atoms with van der Waals surface area (Å²) in [7, 11) is 2.84. The topological polar surface area (TPSA) is 133 Å². The molecule has 3 aliphatic heterocycles. The summed E-state index contributed by atoms with van der Waals surface area (Å²) >= 11 is 0. The largest absolute Gasteiger partial charge is 0.497 e. The maximum atomic E-state index is 13.9. The molecule has 0 aromatic heterocycles. The number of fused-ring (bicyclic) bond motifs is 3. The minimum atomic E-state index is -1.00. The predicted molar refractivity (Wildman–Crippen MR) is 160 cm³/mol. The SMILES string of the molecule is COC(=O)C1C[C@@H]2CN1C(=O)[C@H](C(C)(C)C)NC(=O)OCC(C)(C)CCCCCOc1cc(OC)cc3c1CN(C3)C(=O)O2. The molecule has 1 aromatic rings. The molecule has 3 heterocycles.